The number of nitrogens with zero attached hydrogens (tertiary/aromatic N) is 1. The highest BCUT2D eigenvalue weighted by molar-refractivity contribution is 5.76. The number of amides is 1. The molecular weight excluding hydrogens is 250 g/mol. The van der Waals surface area contributed by atoms with Crippen LogP contribution in [0.15, 0.2) is 0 Å². The summed E-state index contributed by atoms with van der Waals surface area (Å²) in [6.07, 6.45) is 6.15. The van der Waals surface area contributed by atoms with Gasteiger partial charge in [0.15, 0.2) is 0 Å². The van der Waals surface area contributed by atoms with Crippen LogP contribution >= 0.6 is 0 Å². The van der Waals surface area contributed by atoms with Crippen molar-refractivity contribution in [2.24, 2.45) is 11.7 Å². The highest BCUT2D eigenvalue weighted by Crippen LogP contribution is 2.35. The van der Waals surface area contributed by atoms with Gasteiger partial charge in [0.25, 0.3) is 0 Å². The topological polar surface area (TPSA) is 58.4 Å². The molecule has 1 aliphatic carbocycles. The molecule has 4 nitrogen and oxygen atoms in total. The van der Waals surface area contributed by atoms with Crippen molar-refractivity contribution in [3.05, 3.63) is 0 Å². The van der Waals surface area contributed by atoms with Crippen molar-refractivity contribution >= 4 is 5.91 Å². The normalized spacial score (nSPS) is 27.6. The SMILES string of the molecule is CC1CCCC(CNC(=O)CCC(C)(C)N)(N(C)C)C1. The van der Waals surface area contributed by atoms with Crippen LogP contribution in [-0.4, -0.2) is 42.5 Å². The Balaban J connectivity index is 2.49. The minimum absolute atomic E-state index is 0.128. The molecule has 0 aliphatic heterocycles. The molecule has 4 heteroatoms. The monoisotopic (exact) mass is 283 g/mol. The summed E-state index contributed by atoms with van der Waals surface area (Å²) in [7, 11) is 4.26. The zero-order valence-corrected chi connectivity index (χ0v) is 14.0. The molecule has 3 N–H and O–H groups in total. The number of nitrogens with one attached hydrogen (secondary N) is 1. The maximum atomic E-state index is 12.0. The van der Waals surface area contributed by atoms with Gasteiger partial charge in [-0.25, -0.2) is 0 Å². The fraction of sp³-hybridized carbons (Fsp3) is 0.938. The Morgan fingerprint density at radius 2 is 2.10 bits per heavy atom. The van der Waals surface area contributed by atoms with Gasteiger partial charge in [0.2, 0.25) is 5.91 Å². The lowest BCUT2D eigenvalue weighted by atomic mass is 9.75. The van der Waals surface area contributed by atoms with Crippen LogP contribution in [0.25, 0.3) is 0 Å². The van der Waals surface area contributed by atoms with Gasteiger partial charge in [-0.3, -0.25) is 4.79 Å². The van der Waals surface area contributed by atoms with Gasteiger partial charge in [0.05, 0.1) is 0 Å². The van der Waals surface area contributed by atoms with E-state index >= 15 is 0 Å². The standard InChI is InChI=1S/C16H33N3O/c1-13-7-6-9-16(11-13,19(4)5)12-18-14(20)8-10-15(2,3)17/h13H,6-12,17H2,1-5H3,(H,18,20). The van der Waals surface area contributed by atoms with Crippen LogP contribution in [0.3, 0.4) is 0 Å². The summed E-state index contributed by atoms with van der Waals surface area (Å²) in [5.41, 5.74) is 5.79. The quantitative estimate of drug-likeness (QED) is 0.785. The number of nitrogens with two attached hydrogens (primary N) is 1. The predicted molar refractivity (Wildman–Crippen MR) is 84.6 cm³/mol. The fourth-order valence-corrected chi connectivity index (χ4v) is 3.14. The number of rotatable bonds is 6. The van der Waals surface area contributed by atoms with Crippen LogP contribution in [-0.2, 0) is 4.79 Å². The second-order valence-corrected chi connectivity index (χ2v) is 7.59. The van der Waals surface area contributed by atoms with Gasteiger partial charge in [0, 0.05) is 24.0 Å². The zero-order chi connectivity index (χ0) is 15.4. The maximum Gasteiger partial charge on any atom is 0.220 e. The van der Waals surface area contributed by atoms with E-state index in [1.54, 1.807) is 0 Å². The summed E-state index contributed by atoms with van der Waals surface area (Å²) >= 11 is 0. The van der Waals surface area contributed by atoms with Crippen LogP contribution in [0, 0.1) is 5.92 Å². The lowest BCUT2D eigenvalue weighted by molar-refractivity contribution is -0.122. The van der Waals surface area contributed by atoms with Crippen molar-refractivity contribution in [3.8, 4) is 0 Å². The Morgan fingerprint density at radius 1 is 1.45 bits per heavy atom. The zero-order valence-electron chi connectivity index (χ0n) is 14.0. The minimum Gasteiger partial charge on any atom is -0.354 e. The van der Waals surface area contributed by atoms with Gasteiger partial charge in [-0.05, 0) is 53.1 Å². The van der Waals surface area contributed by atoms with E-state index in [1.807, 2.05) is 13.8 Å². The molecule has 0 aromatic heterocycles. The minimum atomic E-state index is -0.268. The third kappa shape index (κ3) is 5.41. The molecule has 0 bridgehead atoms. The summed E-state index contributed by atoms with van der Waals surface area (Å²) in [4.78, 5) is 14.3. The van der Waals surface area contributed by atoms with E-state index in [0.717, 1.165) is 18.9 Å². The number of carbonyl (C=O) groups excluding carboxylic acids is 1. The number of likely N-dealkylation sites (N-methyl/N-ethyl adjacent to an activating group) is 1. The molecule has 2 atom stereocenters. The van der Waals surface area contributed by atoms with E-state index in [1.165, 1.54) is 25.7 Å². The lowest BCUT2D eigenvalue weighted by Crippen LogP contribution is -2.55. The number of hydrogen-bond acceptors (Lipinski definition) is 3. The summed E-state index contributed by atoms with van der Waals surface area (Å²) in [5.74, 6) is 0.869. The van der Waals surface area contributed by atoms with E-state index in [2.05, 4.69) is 31.2 Å². The average molecular weight is 283 g/mol. The first-order valence-corrected chi connectivity index (χ1v) is 7.88. The highest BCUT2D eigenvalue weighted by Gasteiger charge is 2.37. The van der Waals surface area contributed by atoms with Gasteiger partial charge in [0.1, 0.15) is 0 Å². The van der Waals surface area contributed by atoms with E-state index in [-0.39, 0.29) is 17.0 Å². The molecule has 1 fully saturated rings. The summed E-state index contributed by atoms with van der Waals surface area (Å²) in [5, 5.41) is 3.13. The first-order valence-electron chi connectivity index (χ1n) is 7.88. The molecule has 0 aromatic carbocycles. The van der Waals surface area contributed by atoms with Gasteiger partial charge < -0.3 is 16.0 Å². The molecule has 1 rings (SSSR count). The van der Waals surface area contributed by atoms with Crippen molar-refractivity contribution in [1.82, 2.24) is 10.2 Å². The summed E-state index contributed by atoms with van der Waals surface area (Å²) in [6, 6.07) is 0. The summed E-state index contributed by atoms with van der Waals surface area (Å²) in [6.45, 7) is 7.00. The third-order valence-corrected chi connectivity index (χ3v) is 4.63. The first-order chi connectivity index (χ1) is 9.15. The Labute approximate surface area is 124 Å². The molecule has 0 saturated heterocycles. The molecule has 0 spiro atoms. The predicted octanol–water partition coefficient (Wildman–Crippen LogP) is 2.13. The van der Waals surface area contributed by atoms with Crippen LogP contribution in [0.2, 0.25) is 0 Å². The van der Waals surface area contributed by atoms with Gasteiger partial charge in [-0.1, -0.05) is 19.8 Å². The largest absolute Gasteiger partial charge is 0.354 e. The summed E-state index contributed by atoms with van der Waals surface area (Å²) < 4.78 is 0. The molecular formula is C16H33N3O. The van der Waals surface area contributed by atoms with E-state index in [0.29, 0.717) is 6.42 Å². The molecule has 118 valence electrons. The first kappa shape index (κ1) is 17.4. The molecule has 0 heterocycles. The molecule has 0 radical (unpaired) electrons. The highest BCUT2D eigenvalue weighted by atomic mass is 16.1. The van der Waals surface area contributed by atoms with Crippen molar-refractivity contribution in [1.29, 1.82) is 0 Å². The maximum absolute atomic E-state index is 12.0. The molecule has 20 heavy (non-hydrogen) atoms. The van der Waals surface area contributed by atoms with Crippen LogP contribution in [0.5, 0.6) is 0 Å². The molecule has 0 aromatic rings. The van der Waals surface area contributed by atoms with Gasteiger partial charge >= 0.3 is 0 Å². The average Bonchev–Trinajstić information content (AvgIpc) is 2.33. The lowest BCUT2D eigenvalue weighted by Gasteiger charge is -2.45. The van der Waals surface area contributed by atoms with Crippen LogP contribution in [0.4, 0.5) is 0 Å². The molecule has 2 unspecified atom stereocenters. The molecule has 1 amide bonds. The third-order valence-electron chi connectivity index (χ3n) is 4.63. The Bertz CT molecular complexity index is 322. The Kier molecular flexibility index (Phi) is 6.02. The van der Waals surface area contributed by atoms with Gasteiger partial charge in [-0.15, -0.1) is 0 Å². The Morgan fingerprint density at radius 3 is 2.60 bits per heavy atom. The van der Waals surface area contributed by atoms with Crippen molar-refractivity contribution in [2.45, 2.75) is 70.4 Å². The van der Waals surface area contributed by atoms with Crippen molar-refractivity contribution in [2.75, 3.05) is 20.6 Å². The van der Waals surface area contributed by atoms with Crippen molar-refractivity contribution in [3.63, 3.8) is 0 Å². The smallest absolute Gasteiger partial charge is 0.220 e. The number of carbonyl (C=O) groups is 1. The molecule has 1 aliphatic rings. The Hall–Kier alpha value is -0.610. The molecule has 1 saturated carbocycles. The van der Waals surface area contributed by atoms with E-state index < -0.39 is 0 Å². The van der Waals surface area contributed by atoms with E-state index in [9.17, 15) is 4.79 Å². The second-order valence-electron chi connectivity index (χ2n) is 7.59. The van der Waals surface area contributed by atoms with Crippen LogP contribution in [0.1, 0.15) is 59.3 Å². The number of hydrogen-bond donors (Lipinski definition) is 2. The van der Waals surface area contributed by atoms with Crippen molar-refractivity contribution < 1.29 is 4.79 Å². The fourth-order valence-electron chi connectivity index (χ4n) is 3.14. The van der Waals surface area contributed by atoms with Gasteiger partial charge in [-0.2, -0.15) is 0 Å². The van der Waals surface area contributed by atoms with E-state index in [4.69, 9.17) is 5.73 Å². The second kappa shape index (κ2) is 6.90. The van der Waals surface area contributed by atoms with Crippen LogP contribution < -0.4 is 11.1 Å².